The van der Waals surface area contributed by atoms with Crippen molar-refractivity contribution in [3.8, 4) is 5.88 Å². The summed E-state index contributed by atoms with van der Waals surface area (Å²) in [6.45, 7) is 1.87. The number of aromatic nitrogens is 1. The highest BCUT2D eigenvalue weighted by molar-refractivity contribution is 6.31. The summed E-state index contributed by atoms with van der Waals surface area (Å²) >= 11 is 6.06. The molecule has 3 rings (SSSR count). The molecule has 0 atom stereocenters. The third-order valence-electron chi connectivity index (χ3n) is 4.02. The molecule has 1 fully saturated rings. The van der Waals surface area contributed by atoms with E-state index in [9.17, 15) is 4.79 Å². The highest BCUT2D eigenvalue weighted by Gasteiger charge is 2.24. The summed E-state index contributed by atoms with van der Waals surface area (Å²) in [7, 11) is 0. The van der Waals surface area contributed by atoms with Crippen LogP contribution in [0.3, 0.4) is 0 Å². The number of pyridine rings is 1. The third kappa shape index (κ3) is 4.38. The maximum Gasteiger partial charge on any atom is 0.317 e. The van der Waals surface area contributed by atoms with Gasteiger partial charge in [-0.15, -0.1) is 0 Å². The van der Waals surface area contributed by atoms with Gasteiger partial charge in [-0.25, -0.2) is 9.78 Å². The average molecular weight is 346 g/mol. The average Bonchev–Trinajstić information content (AvgIpc) is 2.63. The number of amides is 2. The van der Waals surface area contributed by atoms with Gasteiger partial charge >= 0.3 is 6.03 Å². The Morgan fingerprint density at radius 3 is 2.67 bits per heavy atom. The standard InChI is InChI=1S/C18H20ClN3O2/c19-16-7-4-10-20-17(16)24-15-8-11-22(12-9-15)18(23)21-13-14-5-2-1-3-6-14/h1-7,10,15H,8-9,11-13H2,(H,21,23). The number of piperidine rings is 1. The molecule has 6 heteroatoms. The Labute approximate surface area is 146 Å². The van der Waals surface area contributed by atoms with Crippen molar-refractivity contribution in [2.45, 2.75) is 25.5 Å². The SMILES string of the molecule is O=C(NCc1ccccc1)N1CCC(Oc2ncccc2Cl)CC1. The second-order valence-corrected chi connectivity index (χ2v) is 6.15. The van der Waals surface area contributed by atoms with Crippen molar-refractivity contribution in [2.24, 2.45) is 0 Å². The molecular formula is C18H20ClN3O2. The van der Waals surface area contributed by atoms with Crippen molar-refractivity contribution in [3.63, 3.8) is 0 Å². The lowest BCUT2D eigenvalue weighted by atomic mass is 10.1. The fourth-order valence-electron chi connectivity index (χ4n) is 2.68. The maximum atomic E-state index is 12.2. The minimum Gasteiger partial charge on any atom is -0.473 e. The molecule has 0 bridgehead atoms. The second-order valence-electron chi connectivity index (χ2n) is 5.74. The Morgan fingerprint density at radius 2 is 1.96 bits per heavy atom. The van der Waals surface area contributed by atoms with Gasteiger partial charge < -0.3 is 15.0 Å². The molecule has 2 amide bonds. The smallest absolute Gasteiger partial charge is 0.317 e. The lowest BCUT2D eigenvalue weighted by Crippen LogP contribution is -2.46. The number of nitrogens with one attached hydrogen (secondary N) is 1. The number of urea groups is 1. The van der Waals surface area contributed by atoms with E-state index >= 15 is 0 Å². The number of hydrogen-bond donors (Lipinski definition) is 1. The fourth-order valence-corrected chi connectivity index (χ4v) is 2.84. The molecule has 5 nitrogen and oxygen atoms in total. The van der Waals surface area contributed by atoms with Gasteiger partial charge in [0.05, 0.1) is 0 Å². The predicted molar refractivity (Wildman–Crippen MR) is 93.1 cm³/mol. The normalized spacial score (nSPS) is 15.1. The number of benzene rings is 1. The van der Waals surface area contributed by atoms with E-state index < -0.39 is 0 Å². The van der Waals surface area contributed by atoms with Crippen molar-refractivity contribution >= 4 is 17.6 Å². The number of halogens is 1. The Morgan fingerprint density at radius 1 is 1.21 bits per heavy atom. The van der Waals surface area contributed by atoms with Crippen LogP contribution >= 0.6 is 11.6 Å². The number of rotatable bonds is 4. The Hall–Kier alpha value is -2.27. The Kier molecular flexibility index (Phi) is 5.54. The minimum absolute atomic E-state index is 0.0341. The highest BCUT2D eigenvalue weighted by Crippen LogP contribution is 2.24. The topological polar surface area (TPSA) is 54.5 Å². The molecule has 24 heavy (non-hydrogen) atoms. The van der Waals surface area contributed by atoms with Gasteiger partial charge in [-0.1, -0.05) is 41.9 Å². The van der Waals surface area contributed by atoms with E-state index in [-0.39, 0.29) is 12.1 Å². The Balaban J connectivity index is 1.44. The van der Waals surface area contributed by atoms with Crippen LogP contribution in [-0.2, 0) is 6.54 Å². The molecule has 1 aliphatic heterocycles. The summed E-state index contributed by atoms with van der Waals surface area (Å²) in [6, 6.07) is 13.4. The summed E-state index contributed by atoms with van der Waals surface area (Å²) in [5, 5.41) is 3.47. The first kappa shape index (κ1) is 16.6. The van der Waals surface area contributed by atoms with E-state index in [0.717, 1.165) is 18.4 Å². The van der Waals surface area contributed by atoms with E-state index in [2.05, 4.69) is 10.3 Å². The molecule has 0 spiro atoms. The zero-order chi connectivity index (χ0) is 16.8. The number of carbonyl (C=O) groups excluding carboxylic acids is 1. The molecule has 1 saturated heterocycles. The van der Waals surface area contributed by atoms with Gasteiger partial charge in [0.15, 0.2) is 0 Å². The van der Waals surface area contributed by atoms with E-state index in [4.69, 9.17) is 16.3 Å². The molecule has 126 valence electrons. The van der Waals surface area contributed by atoms with E-state index in [1.165, 1.54) is 0 Å². The quantitative estimate of drug-likeness (QED) is 0.922. The molecule has 1 aromatic carbocycles. The van der Waals surface area contributed by atoms with Gasteiger partial charge in [-0.05, 0) is 17.7 Å². The molecule has 1 N–H and O–H groups in total. The maximum absolute atomic E-state index is 12.2. The molecule has 0 saturated carbocycles. The van der Waals surface area contributed by atoms with E-state index in [0.29, 0.717) is 30.5 Å². The first-order valence-corrected chi connectivity index (χ1v) is 8.44. The number of carbonyl (C=O) groups is 1. The summed E-state index contributed by atoms with van der Waals surface area (Å²) in [5.41, 5.74) is 1.09. The molecule has 0 aliphatic carbocycles. The summed E-state index contributed by atoms with van der Waals surface area (Å²) in [6.07, 6.45) is 3.24. The molecule has 2 heterocycles. The summed E-state index contributed by atoms with van der Waals surface area (Å²) < 4.78 is 5.84. The fraction of sp³-hybridized carbons (Fsp3) is 0.333. The van der Waals surface area contributed by atoms with Crippen molar-refractivity contribution in [1.29, 1.82) is 0 Å². The number of likely N-dealkylation sites (tertiary alicyclic amines) is 1. The zero-order valence-electron chi connectivity index (χ0n) is 13.3. The van der Waals surface area contributed by atoms with Crippen LogP contribution in [0, 0.1) is 0 Å². The molecule has 0 radical (unpaired) electrons. The summed E-state index contributed by atoms with van der Waals surface area (Å²) in [5.74, 6) is 0.464. The largest absolute Gasteiger partial charge is 0.473 e. The van der Waals surface area contributed by atoms with E-state index in [1.807, 2.05) is 35.2 Å². The Bertz CT molecular complexity index is 673. The number of nitrogens with zero attached hydrogens (tertiary/aromatic N) is 2. The van der Waals surface area contributed by atoms with Gasteiger partial charge in [0, 0.05) is 38.7 Å². The minimum atomic E-state index is -0.0341. The zero-order valence-corrected chi connectivity index (χ0v) is 14.1. The van der Waals surface area contributed by atoms with Gasteiger partial charge in [0.2, 0.25) is 5.88 Å². The van der Waals surface area contributed by atoms with Gasteiger partial charge in [-0.2, -0.15) is 0 Å². The van der Waals surface area contributed by atoms with Crippen LogP contribution in [0.25, 0.3) is 0 Å². The van der Waals surface area contributed by atoms with Crippen LogP contribution in [0.15, 0.2) is 48.7 Å². The van der Waals surface area contributed by atoms with Crippen LogP contribution in [0.2, 0.25) is 5.02 Å². The van der Waals surface area contributed by atoms with Gasteiger partial charge in [-0.3, -0.25) is 0 Å². The second kappa shape index (κ2) is 8.02. The van der Waals surface area contributed by atoms with Crippen LogP contribution in [-0.4, -0.2) is 35.1 Å². The lowest BCUT2D eigenvalue weighted by molar-refractivity contribution is 0.107. The van der Waals surface area contributed by atoms with E-state index in [1.54, 1.807) is 18.3 Å². The van der Waals surface area contributed by atoms with Crippen molar-refractivity contribution in [3.05, 3.63) is 59.2 Å². The lowest BCUT2D eigenvalue weighted by Gasteiger charge is -2.32. The monoisotopic (exact) mass is 345 g/mol. The van der Waals surface area contributed by atoms with Crippen LogP contribution < -0.4 is 10.1 Å². The third-order valence-corrected chi connectivity index (χ3v) is 4.31. The number of ether oxygens (including phenoxy) is 1. The molecule has 2 aromatic rings. The molecule has 1 aromatic heterocycles. The molecule has 0 unspecified atom stereocenters. The molecule has 1 aliphatic rings. The van der Waals surface area contributed by atoms with Crippen molar-refractivity contribution in [1.82, 2.24) is 15.2 Å². The van der Waals surface area contributed by atoms with Crippen molar-refractivity contribution in [2.75, 3.05) is 13.1 Å². The highest BCUT2D eigenvalue weighted by atomic mass is 35.5. The van der Waals surface area contributed by atoms with Crippen LogP contribution in [0.1, 0.15) is 18.4 Å². The first-order chi connectivity index (χ1) is 11.7. The molecular weight excluding hydrogens is 326 g/mol. The predicted octanol–water partition coefficient (Wildman–Crippen LogP) is 3.49. The number of hydrogen-bond acceptors (Lipinski definition) is 3. The summed E-state index contributed by atoms with van der Waals surface area (Å²) in [4.78, 5) is 18.2. The van der Waals surface area contributed by atoms with Gasteiger partial charge in [0.25, 0.3) is 0 Å². The van der Waals surface area contributed by atoms with Crippen molar-refractivity contribution < 1.29 is 9.53 Å². The van der Waals surface area contributed by atoms with Gasteiger partial charge in [0.1, 0.15) is 11.1 Å². The first-order valence-electron chi connectivity index (χ1n) is 8.06. The van der Waals surface area contributed by atoms with Crippen LogP contribution in [0.4, 0.5) is 4.79 Å². The van der Waals surface area contributed by atoms with Crippen LogP contribution in [0.5, 0.6) is 5.88 Å².